The van der Waals surface area contributed by atoms with Gasteiger partial charge in [-0.2, -0.15) is 0 Å². The Hall–Kier alpha value is -3.67. The third kappa shape index (κ3) is 45.3. The summed E-state index contributed by atoms with van der Waals surface area (Å²) in [4.78, 5) is 37.8. The van der Waals surface area contributed by atoms with Gasteiger partial charge in [-0.15, -0.1) is 0 Å². The maximum Gasteiger partial charge on any atom is 0.306 e. The third-order valence-corrected chi connectivity index (χ3v) is 9.76. The molecule has 0 radical (unpaired) electrons. The molecule has 6 nitrogen and oxygen atoms in total. The lowest BCUT2D eigenvalue weighted by atomic mass is 10.1. The molecule has 0 aromatic heterocycles. The van der Waals surface area contributed by atoms with Gasteiger partial charge in [0.15, 0.2) is 6.10 Å². The summed E-state index contributed by atoms with van der Waals surface area (Å²) >= 11 is 0. The first-order valence-electron chi connectivity index (χ1n) is 23.8. The van der Waals surface area contributed by atoms with Gasteiger partial charge in [-0.1, -0.05) is 214 Å². The summed E-state index contributed by atoms with van der Waals surface area (Å²) in [6.07, 6.45) is 61.0. The van der Waals surface area contributed by atoms with Crippen LogP contribution in [0.3, 0.4) is 0 Å². The first-order chi connectivity index (χ1) is 29.0. The van der Waals surface area contributed by atoms with Crippen molar-refractivity contribution in [2.24, 2.45) is 0 Å². The van der Waals surface area contributed by atoms with Crippen molar-refractivity contribution in [1.29, 1.82) is 0 Å². The van der Waals surface area contributed by atoms with Crippen molar-refractivity contribution in [3.8, 4) is 0 Å². The van der Waals surface area contributed by atoms with Crippen LogP contribution in [0.5, 0.6) is 0 Å². The molecule has 6 heteroatoms. The molecule has 0 fully saturated rings. The van der Waals surface area contributed by atoms with E-state index in [9.17, 15) is 14.4 Å². The Labute approximate surface area is 362 Å². The first-order valence-corrected chi connectivity index (χ1v) is 23.8. The second kappa shape index (κ2) is 47.0. The Morgan fingerprint density at radius 2 is 0.661 bits per heavy atom. The first kappa shape index (κ1) is 55.3. The van der Waals surface area contributed by atoms with Gasteiger partial charge < -0.3 is 14.2 Å². The highest BCUT2D eigenvalue weighted by Crippen LogP contribution is 2.13. The van der Waals surface area contributed by atoms with Crippen LogP contribution in [-0.2, 0) is 28.6 Å². The summed E-state index contributed by atoms with van der Waals surface area (Å²) in [7, 11) is 0. The predicted molar refractivity (Wildman–Crippen MR) is 251 cm³/mol. The molecule has 0 aromatic rings. The highest BCUT2D eigenvalue weighted by Gasteiger charge is 2.19. The minimum absolute atomic E-state index is 0.0973. The summed E-state index contributed by atoms with van der Waals surface area (Å²) in [5, 5.41) is 0. The Morgan fingerprint density at radius 1 is 0.356 bits per heavy atom. The van der Waals surface area contributed by atoms with Crippen LogP contribution >= 0.6 is 0 Å². The second-order valence-electron chi connectivity index (χ2n) is 15.5. The van der Waals surface area contributed by atoms with Crippen molar-refractivity contribution < 1.29 is 28.6 Å². The van der Waals surface area contributed by atoms with E-state index in [0.29, 0.717) is 19.3 Å². The van der Waals surface area contributed by atoms with Gasteiger partial charge >= 0.3 is 17.9 Å². The number of unbranched alkanes of at least 4 members (excludes halogenated alkanes) is 20. The average molecular weight is 819 g/mol. The van der Waals surface area contributed by atoms with Gasteiger partial charge in [0, 0.05) is 19.3 Å². The van der Waals surface area contributed by atoms with Crippen LogP contribution in [0.15, 0.2) is 97.2 Å². The number of hydrogen-bond donors (Lipinski definition) is 0. The molecule has 0 saturated heterocycles. The molecule has 0 rings (SSSR count). The fraction of sp³-hybridized carbons (Fsp3) is 0.642. The van der Waals surface area contributed by atoms with Gasteiger partial charge in [0.05, 0.1) is 0 Å². The minimum atomic E-state index is -0.799. The molecule has 0 aliphatic rings. The van der Waals surface area contributed by atoms with Crippen LogP contribution in [0.25, 0.3) is 0 Å². The smallest absolute Gasteiger partial charge is 0.306 e. The van der Waals surface area contributed by atoms with Gasteiger partial charge in [0.2, 0.25) is 0 Å². The van der Waals surface area contributed by atoms with E-state index in [0.717, 1.165) is 83.5 Å². The zero-order valence-electron chi connectivity index (χ0n) is 38.0. The zero-order chi connectivity index (χ0) is 43.0. The van der Waals surface area contributed by atoms with Crippen LogP contribution in [0.1, 0.15) is 201 Å². The molecule has 0 heterocycles. The van der Waals surface area contributed by atoms with E-state index < -0.39 is 6.10 Å². The van der Waals surface area contributed by atoms with Gasteiger partial charge in [-0.05, 0) is 64.2 Å². The lowest BCUT2D eigenvalue weighted by molar-refractivity contribution is -0.167. The molecule has 0 spiro atoms. The van der Waals surface area contributed by atoms with Gasteiger partial charge in [-0.3, -0.25) is 14.4 Å². The summed E-state index contributed by atoms with van der Waals surface area (Å²) in [5.41, 5.74) is 0. The van der Waals surface area contributed by atoms with Crippen molar-refractivity contribution in [2.45, 2.75) is 207 Å². The van der Waals surface area contributed by atoms with Crippen LogP contribution in [0.2, 0.25) is 0 Å². The highest BCUT2D eigenvalue weighted by molar-refractivity contribution is 5.71. The molecule has 0 saturated carbocycles. The fourth-order valence-corrected chi connectivity index (χ4v) is 6.17. The molecular weight excluding hydrogens is 733 g/mol. The number of allylic oxidation sites excluding steroid dienone is 16. The highest BCUT2D eigenvalue weighted by atomic mass is 16.6. The summed E-state index contributed by atoms with van der Waals surface area (Å²) in [6.45, 7) is 6.37. The molecule has 0 N–H and O–H groups in total. The lowest BCUT2D eigenvalue weighted by Gasteiger charge is -2.18. The molecule has 0 amide bonds. The molecule has 1 atom stereocenters. The van der Waals surface area contributed by atoms with E-state index in [1.165, 1.54) is 77.0 Å². The maximum atomic E-state index is 12.7. The van der Waals surface area contributed by atoms with Gasteiger partial charge in [-0.25, -0.2) is 0 Å². The summed E-state index contributed by atoms with van der Waals surface area (Å²) in [6, 6.07) is 0. The monoisotopic (exact) mass is 819 g/mol. The van der Waals surface area contributed by atoms with E-state index in [4.69, 9.17) is 14.2 Å². The number of rotatable bonds is 41. The third-order valence-electron chi connectivity index (χ3n) is 9.76. The number of carbonyl (C=O) groups excluding carboxylic acids is 3. The quantitative estimate of drug-likeness (QED) is 0.0265. The lowest BCUT2D eigenvalue weighted by Crippen LogP contribution is -2.30. The Bertz CT molecular complexity index is 1220. The molecule has 0 aromatic carbocycles. The second-order valence-corrected chi connectivity index (χ2v) is 15.5. The Kier molecular flexibility index (Phi) is 44.1. The van der Waals surface area contributed by atoms with Crippen molar-refractivity contribution in [3.05, 3.63) is 97.2 Å². The molecular formula is C53H86O6. The maximum absolute atomic E-state index is 12.7. The van der Waals surface area contributed by atoms with E-state index in [-0.39, 0.29) is 31.1 Å². The topological polar surface area (TPSA) is 78.9 Å². The normalized spacial score (nSPS) is 12.9. The van der Waals surface area contributed by atoms with E-state index >= 15 is 0 Å². The van der Waals surface area contributed by atoms with Gasteiger partial charge in [0.1, 0.15) is 13.2 Å². The van der Waals surface area contributed by atoms with Crippen molar-refractivity contribution in [3.63, 3.8) is 0 Å². The van der Waals surface area contributed by atoms with E-state index in [1.54, 1.807) is 0 Å². The van der Waals surface area contributed by atoms with Crippen LogP contribution in [0.4, 0.5) is 0 Å². The number of hydrogen-bond acceptors (Lipinski definition) is 6. The molecule has 334 valence electrons. The molecule has 0 bridgehead atoms. The van der Waals surface area contributed by atoms with Crippen molar-refractivity contribution in [2.75, 3.05) is 13.2 Å². The van der Waals surface area contributed by atoms with Crippen molar-refractivity contribution in [1.82, 2.24) is 0 Å². The molecule has 0 aliphatic carbocycles. The minimum Gasteiger partial charge on any atom is -0.462 e. The Morgan fingerprint density at radius 3 is 1.10 bits per heavy atom. The predicted octanol–water partition coefficient (Wildman–Crippen LogP) is 15.4. The zero-order valence-corrected chi connectivity index (χ0v) is 38.0. The summed E-state index contributed by atoms with van der Waals surface area (Å²) < 4.78 is 16.7. The van der Waals surface area contributed by atoms with Crippen LogP contribution < -0.4 is 0 Å². The van der Waals surface area contributed by atoms with Crippen molar-refractivity contribution >= 4 is 17.9 Å². The van der Waals surface area contributed by atoms with E-state index in [1.807, 2.05) is 60.8 Å². The largest absolute Gasteiger partial charge is 0.462 e. The fourth-order valence-electron chi connectivity index (χ4n) is 6.17. The van der Waals surface area contributed by atoms with E-state index in [2.05, 4.69) is 57.2 Å². The number of carbonyl (C=O) groups is 3. The van der Waals surface area contributed by atoms with Crippen LogP contribution in [-0.4, -0.2) is 37.2 Å². The number of ether oxygens (including phenoxy) is 3. The SMILES string of the molecule is CC\C=C/C=C\C=C/C=C\C=C\C=C/CCCCCC(=O)OCC(COC(=O)CCCCCCCCCCC)OC(=O)CCCCCCCC/C=C\C=C/CCCCC. The summed E-state index contributed by atoms with van der Waals surface area (Å²) in [5.74, 6) is -0.964. The standard InChI is InChI=1S/C53H86O6/c1-4-7-10-13-16-19-21-23-25-26-28-29-31-34-37-40-43-46-52(55)58-49-50(48-57-51(54)45-42-39-36-33-18-15-12-9-6-3)59-53(56)47-44-41-38-35-32-30-27-24-22-20-17-14-11-8-5-2/h7,10,13,16-17,19-26,28-29,31,50H,4-6,8-9,11-12,14-15,18,27,30,32-49H2,1-3H3/b10-7-,16-13-,20-17-,21-19-,24-22-,25-23-,28-26+,31-29-. The van der Waals surface area contributed by atoms with Gasteiger partial charge in [0.25, 0.3) is 0 Å². The molecule has 59 heavy (non-hydrogen) atoms. The average Bonchev–Trinajstić information content (AvgIpc) is 3.23. The number of esters is 3. The molecule has 0 aliphatic heterocycles. The van der Waals surface area contributed by atoms with Crippen LogP contribution in [0, 0.1) is 0 Å². The molecule has 1 unspecified atom stereocenters. The Balaban J connectivity index is 4.49.